The molecule has 1 heterocycles. The number of nitrogens with zero attached hydrogens (tertiary/aromatic N) is 1. The van der Waals surface area contributed by atoms with E-state index in [1.165, 1.54) is 36.4 Å². The number of anilines is 2. The smallest absolute Gasteiger partial charge is 0.318 e. The number of halogens is 3. The van der Waals surface area contributed by atoms with E-state index in [2.05, 4.69) is 32.0 Å². The van der Waals surface area contributed by atoms with Gasteiger partial charge in [0.25, 0.3) is 5.91 Å². The van der Waals surface area contributed by atoms with Crippen LogP contribution in [0.1, 0.15) is 10.5 Å². The van der Waals surface area contributed by atoms with Crippen LogP contribution < -0.4 is 16.1 Å². The second-order valence-electron chi connectivity index (χ2n) is 6.90. The van der Waals surface area contributed by atoms with Gasteiger partial charge in [-0.15, -0.1) is 0 Å². The first-order chi connectivity index (χ1) is 15.8. The van der Waals surface area contributed by atoms with Crippen molar-refractivity contribution >= 4 is 55.9 Å². The highest BCUT2D eigenvalue weighted by Gasteiger charge is 2.21. The summed E-state index contributed by atoms with van der Waals surface area (Å²) in [6, 6.07) is 17.1. The van der Waals surface area contributed by atoms with Crippen LogP contribution in [0.3, 0.4) is 0 Å². The molecule has 0 unspecified atom stereocenters. The van der Waals surface area contributed by atoms with Crippen molar-refractivity contribution in [2.75, 3.05) is 16.1 Å². The summed E-state index contributed by atoms with van der Waals surface area (Å²) >= 11 is 3.35. The van der Waals surface area contributed by atoms with Crippen LogP contribution in [0.5, 0.6) is 0 Å². The predicted octanol–water partition coefficient (Wildman–Crippen LogP) is 4.64. The molecule has 166 valence electrons. The Balaban J connectivity index is 1.63. The number of amides is 3. The molecule has 0 radical (unpaired) electrons. The van der Waals surface area contributed by atoms with Crippen LogP contribution in [-0.2, 0) is 9.59 Å². The van der Waals surface area contributed by atoms with Gasteiger partial charge in [-0.05, 0) is 60.7 Å². The Kier molecular flexibility index (Phi) is 6.18. The molecule has 0 aliphatic carbocycles. The van der Waals surface area contributed by atoms with E-state index in [1.807, 2.05) is 0 Å². The number of hydrogen-bond acceptors (Lipinski definition) is 3. The average Bonchev–Trinajstić information content (AvgIpc) is 3.14. The number of aromatic nitrogens is 1. The van der Waals surface area contributed by atoms with Gasteiger partial charge in [-0.25, -0.2) is 13.5 Å². The first kappa shape index (κ1) is 22.2. The quantitative estimate of drug-likeness (QED) is 0.347. The van der Waals surface area contributed by atoms with Crippen molar-refractivity contribution < 1.29 is 23.2 Å². The number of nitrogens with one attached hydrogen (secondary N) is 3. The van der Waals surface area contributed by atoms with Gasteiger partial charge in [0.05, 0.1) is 11.2 Å². The highest BCUT2D eigenvalue weighted by atomic mass is 79.9. The molecular weight excluding hydrogens is 498 g/mol. The van der Waals surface area contributed by atoms with Gasteiger partial charge in [0.15, 0.2) is 0 Å². The van der Waals surface area contributed by atoms with E-state index in [0.717, 1.165) is 21.3 Å². The van der Waals surface area contributed by atoms with Crippen molar-refractivity contribution in [3.8, 4) is 0 Å². The maximum absolute atomic E-state index is 14.0. The van der Waals surface area contributed by atoms with Gasteiger partial charge < -0.3 is 10.6 Å². The summed E-state index contributed by atoms with van der Waals surface area (Å²) in [7, 11) is 0. The molecule has 0 fully saturated rings. The van der Waals surface area contributed by atoms with Crippen LogP contribution in [0.4, 0.5) is 20.2 Å². The van der Waals surface area contributed by atoms with E-state index in [0.29, 0.717) is 10.9 Å². The molecule has 4 aromatic rings. The standard InChI is InChI=1S/C23H15BrF2N4O3/c24-14-5-10-19-13(11-14)12-20(21(31)28-18-4-2-1-3-17(18)26)30(19)29-23(33)22(32)27-16-8-6-15(25)7-9-16/h1-12H,(H,27,32)(H,28,31)(H,29,33). The van der Waals surface area contributed by atoms with Gasteiger partial charge in [0.1, 0.15) is 17.3 Å². The molecule has 0 spiro atoms. The Morgan fingerprint density at radius 2 is 1.55 bits per heavy atom. The molecule has 1 aromatic heterocycles. The summed E-state index contributed by atoms with van der Waals surface area (Å²) in [6.45, 7) is 0. The van der Waals surface area contributed by atoms with Crippen molar-refractivity contribution in [2.24, 2.45) is 0 Å². The van der Waals surface area contributed by atoms with Gasteiger partial charge >= 0.3 is 11.8 Å². The van der Waals surface area contributed by atoms with E-state index < -0.39 is 29.4 Å². The number of hydrogen-bond donors (Lipinski definition) is 3. The third-order valence-electron chi connectivity index (χ3n) is 4.64. The molecule has 0 saturated heterocycles. The van der Waals surface area contributed by atoms with Crippen LogP contribution in [-0.4, -0.2) is 22.4 Å². The first-order valence-electron chi connectivity index (χ1n) is 9.56. The largest absolute Gasteiger partial charge is 0.328 e. The number of carbonyl (C=O) groups is 3. The van der Waals surface area contributed by atoms with Crippen molar-refractivity contribution in [2.45, 2.75) is 0 Å². The van der Waals surface area contributed by atoms with Crippen LogP contribution in [0.25, 0.3) is 10.9 Å². The number of rotatable bonds is 4. The van der Waals surface area contributed by atoms with Gasteiger partial charge in [0, 0.05) is 15.5 Å². The van der Waals surface area contributed by atoms with Crippen molar-refractivity contribution in [3.05, 3.63) is 94.6 Å². The maximum Gasteiger partial charge on any atom is 0.328 e. The maximum atomic E-state index is 14.0. The molecule has 0 bridgehead atoms. The minimum absolute atomic E-state index is 0.0331. The summed E-state index contributed by atoms with van der Waals surface area (Å²) in [5.41, 5.74) is 2.96. The molecule has 7 nitrogen and oxygen atoms in total. The van der Waals surface area contributed by atoms with Crippen LogP contribution >= 0.6 is 15.9 Å². The van der Waals surface area contributed by atoms with Gasteiger partial charge in [-0.2, -0.15) is 0 Å². The molecule has 0 saturated carbocycles. The first-order valence-corrected chi connectivity index (χ1v) is 10.4. The molecular formula is C23H15BrF2N4O3. The summed E-state index contributed by atoms with van der Waals surface area (Å²) in [5.74, 6) is -3.92. The van der Waals surface area contributed by atoms with Gasteiger partial charge in [-0.1, -0.05) is 28.1 Å². The predicted molar refractivity (Wildman–Crippen MR) is 123 cm³/mol. The van der Waals surface area contributed by atoms with E-state index in [1.54, 1.807) is 24.3 Å². The van der Waals surface area contributed by atoms with E-state index in [-0.39, 0.29) is 17.1 Å². The lowest BCUT2D eigenvalue weighted by atomic mass is 10.2. The fourth-order valence-electron chi connectivity index (χ4n) is 3.10. The monoisotopic (exact) mass is 512 g/mol. The molecule has 0 atom stereocenters. The number of para-hydroxylation sites is 1. The lowest BCUT2D eigenvalue weighted by Crippen LogP contribution is -2.36. The zero-order valence-electron chi connectivity index (χ0n) is 16.7. The SMILES string of the molecule is O=C(Nc1ccc(F)cc1)C(=O)Nn1c(C(=O)Nc2ccccc2F)cc2cc(Br)ccc21. The molecule has 3 aromatic carbocycles. The molecule has 0 aliphatic rings. The summed E-state index contributed by atoms with van der Waals surface area (Å²) < 4.78 is 28.9. The summed E-state index contributed by atoms with van der Waals surface area (Å²) in [4.78, 5) is 37.8. The normalized spacial score (nSPS) is 10.6. The zero-order chi connectivity index (χ0) is 23.5. The van der Waals surface area contributed by atoms with Gasteiger partial charge in [0.2, 0.25) is 0 Å². The number of fused-ring (bicyclic) bond motifs is 1. The van der Waals surface area contributed by atoms with Crippen molar-refractivity contribution in [1.82, 2.24) is 4.68 Å². The van der Waals surface area contributed by atoms with Crippen LogP contribution in [0.15, 0.2) is 77.3 Å². The van der Waals surface area contributed by atoms with E-state index in [4.69, 9.17) is 0 Å². The van der Waals surface area contributed by atoms with Crippen molar-refractivity contribution in [3.63, 3.8) is 0 Å². The average molecular weight is 513 g/mol. The molecule has 33 heavy (non-hydrogen) atoms. The topological polar surface area (TPSA) is 92.2 Å². The third kappa shape index (κ3) is 4.90. The lowest BCUT2D eigenvalue weighted by Gasteiger charge is -2.13. The molecule has 10 heteroatoms. The zero-order valence-corrected chi connectivity index (χ0v) is 18.3. The Bertz CT molecular complexity index is 1390. The number of benzene rings is 3. The lowest BCUT2D eigenvalue weighted by molar-refractivity contribution is -0.133. The number of carbonyl (C=O) groups excluding carboxylic acids is 3. The Hall–Kier alpha value is -4.05. The molecule has 3 amide bonds. The van der Waals surface area contributed by atoms with Gasteiger partial charge in [-0.3, -0.25) is 19.8 Å². The summed E-state index contributed by atoms with van der Waals surface area (Å²) in [6.07, 6.45) is 0. The fourth-order valence-corrected chi connectivity index (χ4v) is 3.47. The van der Waals surface area contributed by atoms with Crippen molar-refractivity contribution in [1.29, 1.82) is 0 Å². The minimum Gasteiger partial charge on any atom is -0.318 e. The summed E-state index contributed by atoms with van der Waals surface area (Å²) in [5, 5.41) is 5.39. The Labute approximate surface area is 194 Å². The molecule has 4 rings (SSSR count). The second-order valence-corrected chi connectivity index (χ2v) is 7.82. The van der Waals surface area contributed by atoms with Crippen LogP contribution in [0.2, 0.25) is 0 Å². The second kappa shape index (κ2) is 9.21. The minimum atomic E-state index is -1.07. The molecule has 3 N–H and O–H groups in total. The Morgan fingerprint density at radius 1 is 0.818 bits per heavy atom. The fraction of sp³-hybridized carbons (Fsp3) is 0. The molecule has 0 aliphatic heterocycles. The van der Waals surface area contributed by atoms with E-state index >= 15 is 0 Å². The highest BCUT2D eigenvalue weighted by molar-refractivity contribution is 9.10. The van der Waals surface area contributed by atoms with Crippen LogP contribution in [0, 0.1) is 11.6 Å². The third-order valence-corrected chi connectivity index (χ3v) is 5.13. The Morgan fingerprint density at radius 3 is 2.27 bits per heavy atom. The van der Waals surface area contributed by atoms with E-state index in [9.17, 15) is 23.2 Å². The highest BCUT2D eigenvalue weighted by Crippen LogP contribution is 2.24.